The number of nitrogens with zero attached hydrogens (tertiary/aromatic N) is 1. The molecule has 3 heteroatoms. The highest BCUT2D eigenvalue weighted by molar-refractivity contribution is 5.50. The highest BCUT2D eigenvalue weighted by Gasteiger charge is 2.07. The predicted octanol–water partition coefficient (Wildman–Crippen LogP) is 3.70. The van der Waals surface area contributed by atoms with Gasteiger partial charge in [0.2, 0.25) is 0 Å². The van der Waals surface area contributed by atoms with Gasteiger partial charge in [-0.05, 0) is 43.2 Å². The van der Waals surface area contributed by atoms with Gasteiger partial charge in [-0.1, -0.05) is 12.1 Å². The molecule has 1 heterocycles. The lowest BCUT2D eigenvalue weighted by Crippen LogP contribution is -2.07. The fraction of sp³-hybridized carbons (Fsp3) is 0.214. The maximum absolute atomic E-state index is 13.1. The molecule has 0 spiro atoms. The first-order valence-electron chi connectivity index (χ1n) is 5.59. The molecule has 0 saturated heterocycles. The van der Waals surface area contributed by atoms with E-state index in [0.29, 0.717) is 0 Å². The molecule has 0 fully saturated rings. The third-order valence-electron chi connectivity index (χ3n) is 2.74. The Bertz CT molecular complexity index is 511. The normalized spacial score (nSPS) is 12.2. The van der Waals surface area contributed by atoms with E-state index >= 15 is 0 Å². The van der Waals surface area contributed by atoms with Crippen LogP contribution in [0.25, 0.3) is 0 Å². The molecule has 2 aromatic rings. The number of rotatable bonds is 3. The molecule has 1 unspecified atom stereocenters. The first-order chi connectivity index (χ1) is 8.16. The second kappa shape index (κ2) is 4.95. The SMILES string of the molecule is Cc1cnccc1NC(C)c1cccc(F)c1. The smallest absolute Gasteiger partial charge is 0.123 e. The Morgan fingerprint density at radius 1 is 1.29 bits per heavy atom. The van der Waals surface area contributed by atoms with Gasteiger partial charge in [-0.3, -0.25) is 4.98 Å². The lowest BCUT2D eigenvalue weighted by atomic mass is 10.1. The molecule has 0 saturated carbocycles. The van der Waals surface area contributed by atoms with E-state index in [1.807, 2.05) is 26.0 Å². The number of hydrogen-bond acceptors (Lipinski definition) is 2. The van der Waals surface area contributed by atoms with Crippen molar-refractivity contribution in [2.75, 3.05) is 5.32 Å². The van der Waals surface area contributed by atoms with Crippen LogP contribution in [-0.4, -0.2) is 4.98 Å². The van der Waals surface area contributed by atoms with Crippen molar-refractivity contribution < 1.29 is 4.39 Å². The van der Waals surface area contributed by atoms with Gasteiger partial charge in [-0.2, -0.15) is 0 Å². The Morgan fingerprint density at radius 3 is 2.82 bits per heavy atom. The van der Waals surface area contributed by atoms with Crippen LogP contribution in [0.2, 0.25) is 0 Å². The zero-order chi connectivity index (χ0) is 12.3. The van der Waals surface area contributed by atoms with Gasteiger partial charge in [-0.25, -0.2) is 4.39 Å². The van der Waals surface area contributed by atoms with E-state index in [2.05, 4.69) is 10.3 Å². The summed E-state index contributed by atoms with van der Waals surface area (Å²) in [4.78, 5) is 4.04. The standard InChI is InChI=1S/C14H15FN2/c1-10-9-16-7-6-14(10)17-11(2)12-4-3-5-13(15)8-12/h3-9,11H,1-2H3,(H,16,17). The summed E-state index contributed by atoms with van der Waals surface area (Å²) in [5.41, 5.74) is 3.04. The average Bonchev–Trinajstić information content (AvgIpc) is 2.32. The number of halogens is 1. The van der Waals surface area contributed by atoms with Gasteiger partial charge in [0.15, 0.2) is 0 Å². The maximum Gasteiger partial charge on any atom is 0.123 e. The quantitative estimate of drug-likeness (QED) is 0.869. The third-order valence-corrected chi connectivity index (χ3v) is 2.74. The predicted molar refractivity (Wildman–Crippen MR) is 67.4 cm³/mol. The van der Waals surface area contributed by atoms with Crippen LogP contribution < -0.4 is 5.32 Å². The number of nitrogens with one attached hydrogen (secondary N) is 1. The van der Waals surface area contributed by atoms with Crippen molar-refractivity contribution in [1.82, 2.24) is 4.98 Å². The largest absolute Gasteiger partial charge is 0.378 e. The van der Waals surface area contributed by atoms with Crippen LogP contribution in [0.15, 0.2) is 42.7 Å². The highest BCUT2D eigenvalue weighted by Crippen LogP contribution is 2.21. The highest BCUT2D eigenvalue weighted by atomic mass is 19.1. The molecule has 0 amide bonds. The molecule has 0 aliphatic heterocycles. The number of aryl methyl sites for hydroxylation is 1. The number of anilines is 1. The summed E-state index contributed by atoms with van der Waals surface area (Å²) in [6.07, 6.45) is 3.55. The minimum atomic E-state index is -0.206. The van der Waals surface area contributed by atoms with E-state index in [9.17, 15) is 4.39 Å². The minimum Gasteiger partial charge on any atom is -0.378 e. The molecule has 1 N–H and O–H groups in total. The summed E-state index contributed by atoms with van der Waals surface area (Å²) in [6, 6.07) is 8.62. The number of benzene rings is 1. The molecule has 1 atom stereocenters. The number of pyridine rings is 1. The summed E-state index contributed by atoms with van der Waals surface area (Å²) in [5.74, 6) is -0.206. The molecule has 1 aromatic carbocycles. The molecule has 17 heavy (non-hydrogen) atoms. The van der Waals surface area contributed by atoms with Crippen molar-refractivity contribution in [3.8, 4) is 0 Å². The van der Waals surface area contributed by atoms with Gasteiger partial charge in [0, 0.05) is 24.1 Å². The molecular weight excluding hydrogens is 215 g/mol. The third kappa shape index (κ3) is 2.81. The Labute approximate surface area is 101 Å². The zero-order valence-electron chi connectivity index (χ0n) is 9.94. The van der Waals surface area contributed by atoms with Gasteiger partial charge >= 0.3 is 0 Å². The van der Waals surface area contributed by atoms with Gasteiger partial charge in [0.1, 0.15) is 5.82 Å². The van der Waals surface area contributed by atoms with Crippen LogP contribution in [0.1, 0.15) is 24.1 Å². The van der Waals surface area contributed by atoms with Gasteiger partial charge in [0.25, 0.3) is 0 Å². The van der Waals surface area contributed by atoms with Crippen LogP contribution in [0, 0.1) is 12.7 Å². The minimum absolute atomic E-state index is 0.0619. The Morgan fingerprint density at radius 2 is 2.12 bits per heavy atom. The summed E-state index contributed by atoms with van der Waals surface area (Å²) in [5, 5.41) is 3.35. The van der Waals surface area contributed by atoms with Crippen molar-refractivity contribution in [2.24, 2.45) is 0 Å². The molecule has 0 aliphatic carbocycles. The summed E-state index contributed by atoms with van der Waals surface area (Å²) in [6.45, 7) is 4.00. The Balaban J connectivity index is 2.17. The van der Waals surface area contributed by atoms with Crippen LogP contribution in [-0.2, 0) is 0 Å². The zero-order valence-corrected chi connectivity index (χ0v) is 9.94. The van der Waals surface area contributed by atoms with Gasteiger partial charge < -0.3 is 5.32 Å². The van der Waals surface area contributed by atoms with Crippen LogP contribution in [0.5, 0.6) is 0 Å². The van der Waals surface area contributed by atoms with Crippen molar-refractivity contribution in [1.29, 1.82) is 0 Å². The van der Waals surface area contributed by atoms with E-state index in [-0.39, 0.29) is 11.9 Å². The maximum atomic E-state index is 13.1. The lowest BCUT2D eigenvalue weighted by molar-refractivity contribution is 0.623. The van der Waals surface area contributed by atoms with E-state index < -0.39 is 0 Å². The fourth-order valence-corrected chi connectivity index (χ4v) is 1.73. The lowest BCUT2D eigenvalue weighted by Gasteiger charge is -2.17. The molecule has 0 radical (unpaired) electrons. The van der Waals surface area contributed by atoms with Crippen LogP contribution in [0.3, 0.4) is 0 Å². The Hall–Kier alpha value is -1.90. The topological polar surface area (TPSA) is 24.9 Å². The van der Waals surface area contributed by atoms with E-state index in [0.717, 1.165) is 16.8 Å². The number of hydrogen-bond donors (Lipinski definition) is 1. The molecular formula is C14H15FN2. The molecule has 0 bridgehead atoms. The summed E-state index contributed by atoms with van der Waals surface area (Å²) < 4.78 is 13.1. The first kappa shape index (κ1) is 11.6. The number of aromatic nitrogens is 1. The van der Waals surface area contributed by atoms with Crippen LogP contribution >= 0.6 is 0 Å². The molecule has 2 rings (SSSR count). The summed E-state index contributed by atoms with van der Waals surface area (Å²) >= 11 is 0. The van der Waals surface area contributed by atoms with E-state index in [1.54, 1.807) is 24.5 Å². The average molecular weight is 230 g/mol. The first-order valence-corrected chi connectivity index (χ1v) is 5.59. The van der Waals surface area contributed by atoms with Crippen molar-refractivity contribution in [3.05, 3.63) is 59.7 Å². The van der Waals surface area contributed by atoms with Gasteiger partial charge in [0.05, 0.1) is 0 Å². The Kier molecular flexibility index (Phi) is 3.38. The molecule has 1 aromatic heterocycles. The second-order valence-corrected chi connectivity index (χ2v) is 4.11. The second-order valence-electron chi connectivity index (χ2n) is 4.11. The van der Waals surface area contributed by atoms with E-state index in [4.69, 9.17) is 0 Å². The molecule has 2 nitrogen and oxygen atoms in total. The molecule has 0 aliphatic rings. The molecule has 88 valence electrons. The van der Waals surface area contributed by atoms with E-state index in [1.165, 1.54) is 6.07 Å². The van der Waals surface area contributed by atoms with Crippen molar-refractivity contribution >= 4 is 5.69 Å². The van der Waals surface area contributed by atoms with Crippen molar-refractivity contribution in [3.63, 3.8) is 0 Å². The van der Waals surface area contributed by atoms with Gasteiger partial charge in [-0.15, -0.1) is 0 Å². The fourth-order valence-electron chi connectivity index (χ4n) is 1.73. The van der Waals surface area contributed by atoms with Crippen LogP contribution in [0.4, 0.5) is 10.1 Å². The van der Waals surface area contributed by atoms with Crippen molar-refractivity contribution in [2.45, 2.75) is 19.9 Å². The summed E-state index contributed by atoms with van der Waals surface area (Å²) in [7, 11) is 0. The monoisotopic (exact) mass is 230 g/mol.